The smallest absolute Gasteiger partial charge is 0.269 e. The first-order chi connectivity index (χ1) is 7.75. The molecule has 1 N–H and O–H groups in total. The van der Waals surface area contributed by atoms with Gasteiger partial charge in [0.2, 0.25) is 4.77 Å². The van der Waals surface area contributed by atoms with Gasteiger partial charge in [-0.3, -0.25) is 4.79 Å². The third kappa shape index (κ3) is 1.24. The van der Waals surface area contributed by atoms with Gasteiger partial charge in [-0.2, -0.15) is 9.61 Å². The number of hydrogen-bond acceptors (Lipinski definition) is 4. The van der Waals surface area contributed by atoms with Crippen LogP contribution in [0, 0.1) is 4.77 Å². The molecule has 0 saturated heterocycles. The summed E-state index contributed by atoms with van der Waals surface area (Å²) in [6, 6.07) is 7.45. The summed E-state index contributed by atoms with van der Waals surface area (Å²) in [5.74, 6) is 0. The molecule has 3 rings (SSSR count). The lowest BCUT2D eigenvalue weighted by Crippen LogP contribution is -2.12. The maximum absolute atomic E-state index is 11.3. The lowest BCUT2D eigenvalue weighted by molar-refractivity contribution is 0.849. The van der Waals surface area contributed by atoms with Crippen molar-refractivity contribution in [3.63, 3.8) is 0 Å². The van der Waals surface area contributed by atoms with Gasteiger partial charge in [0.05, 0.1) is 5.52 Å². The Bertz CT molecular complexity index is 805. The molecule has 2 heterocycles. The molecule has 2 aromatic heterocycles. The van der Waals surface area contributed by atoms with Crippen LogP contribution in [0.5, 0.6) is 0 Å². The topological polar surface area (TPSA) is 63.1 Å². The average Bonchev–Trinajstić information content (AvgIpc) is 2.29. The van der Waals surface area contributed by atoms with E-state index in [-0.39, 0.29) is 5.56 Å². The number of nitrogens with one attached hydrogen (secondary N) is 1. The van der Waals surface area contributed by atoms with Crippen molar-refractivity contribution in [2.45, 2.75) is 0 Å². The Morgan fingerprint density at radius 3 is 3.00 bits per heavy atom. The number of H-pyrrole nitrogens is 1. The Labute approximate surface area is 94.4 Å². The molecule has 0 radical (unpaired) electrons. The number of nitrogens with zero attached hydrogens (tertiary/aromatic N) is 3. The largest absolute Gasteiger partial charge is 0.305 e. The van der Waals surface area contributed by atoms with E-state index < -0.39 is 0 Å². The fourth-order valence-electron chi connectivity index (χ4n) is 1.62. The SMILES string of the molecule is O=c1cnn2c(=S)nc3ccccc3c2[nH]1. The van der Waals surface area contributed by atoms with E-state index in [1.807, 2.05) is 24.3 Å². The van der Waals surface area contributed by atoms with Crippen molar-refractivity contribution < 1.29 is 0 Å². The highest BCUT2D eigenvalue weighted by molar-refractivity contribution is 7.71. The minimum absolute atomic E-state index is 0.259. The van der Waals surface area contributed by atoms with Crippen LogP contribution in [-0.4, -0.2) is 19.6 Å². The Morgan fingerprint density at radius 1 is 1.31 bits per heavy atom. The Morgan fingerprint density at radius 2 is 2.12 bits per heavy atom. The summed E-state index contributed by atoms with van der Waals surface area (Å²) < 4.78 is 1.77. The standard InChI is InChI=1S/C10H6N4OS/c15-8-5-11-14-9(13-8)6-3-1-2-4-7(6)12-10(14)16/h1-5H,(H,13,15). The Balaban J connectivity index is 2.72. The highest BCUT2D eigenvalue weighted by Gasteiger charge is 2.03. The van der Waals surface area contributed by atoms with Crippen molar-refractivity contribution in [3.8, 4) is 0 Å². The third-order valence-electron chi connectivity index (χ3n) is 2.30. The second-order valence-corrected chi connectivity index (χ2v) is 3.67. The molecule has 0 fully saturated rings. The molecule has 0 saturated carbocycles. The molecule has 3 aromatic rings. The van der Waals surface area contributed by atoms with Gasteiger partial charge in [-0.1, -0.05) is 12.1 Å². The van der Waals surface area contributed by atoms with E-state index >= 15 is 0 Å². The van der Waals surface area contributed by atoms with Crippen LogP contribution in [0.1, 0.15) is 0 Å². The minimum Gasteiger partial charge on any atom is -0.305 e. The van der Waals surface area contributed by atoms with Crippen molar-refractivity contribution in [1.29, 1.82) is 0 Å². The van der Waals surface area contributed by atoms with Crippen molar-refractivity contribution in [1.82, 2.24) is 19.6 Å². The van der Waals surface area contributed by atoms with Crippen LogP contribution in [0.25, 0.3) is 16.6 Å². The summed E-state index contributed by atoms with van der Waals surface area (Å²) in [7, 11) is 0. The molecule has 0 unspecified atom stereocenters. The molecule has 5 nitrogen and oxygen atoms in total. The lowest BCUT2D eigenvalue weighted by atomic mass is 10.2. The molecule has 0 atom stereocenters. The van der Waals surface area contributed by atoms with Crippen LogP contribution in [0.15, 0.2) is 35.3 Å². The summed E-state index contributed by atoms with van der Waals surface area (Å²) in [4.78, 5) is 18.2. The van der Waals surface area contributed by atoms with E-state index in [0.717, 1.165) is 10.9 Å². The summed E-state index contributed by atoms with van der Waals surface area (Å²) in [5, 5.41) is 4.76. The summed E-state index contributed by atoms with van der Waals surface area (Å²) in [6.45, 7) is 0. The van der Waals surface area contributed by atoms with Gasteiger partial charge >= 0.3 is 0 Å². The quantitative estimate of drug-likeness (QED) is 0.467. The second-order valence-electron chi connectivity index (χ2n) is 3.31. The molecule has 0 bridgehead atoms. The monoisotopic (exact) mass is 230 g/mol. The molecule has 0 aliphatic heterocycles. The van der Waals surface area contributed by atoms with Gasteiger partial charge in [0.15, 0.2) is 0 Å². The zero-order chi connectivity index (χ0) is 11.1. The molecule has 78 valence electrons. The summed E-state index contributed by atoms with van der Waals surface area (Å²) in [5.41, 5.74) is 1.06. The number of fused-ring (bicyclic) bond motifs is 3. The highest BCUT2D eigenvalue weighted by Crippen LogP contribution is 2.14. The molecule has 1 aromatic carbocycles. The third-order valence-corrected chi connectivity index (χ3v) is 2.56. The molecular weight excluding hydrogens is 224 g/mol. The molecule has 16 heavy (non-hydrogen) atoms. The Hall–Kier alpha value is -2.08. The number of aromatic amines is 1. The second kappa shape index (κ2) is 3.21. The predicted molar refractivity (Wildman–Crippen MR) is 61.9 cm³/mol. The van der Waals surface area contributed by atoms with Crippen molar-refractivity contribution in [2.24, 2.45) is 0 Å². The van der Waals surface area contributed by atoms with Gasteiger partial charge in [0, 0.05) is 5.39 Å². The normalized spacial score (nSPS) is 11.0. The zero-order valence-electron chi connectivity index (χ0n) is 8.04. The molecular formula is C10H6N4OS. The number of hydrogen-bond donors (Lipinski definition) is 1. The molecule has 6 heteroatoms. The van der Waals surface area contributed by atoms with Gasteiger partial charge in [-0.05, 0) is 24.4 Å². The highest BCUT2D eigenvalue weighted by atomic mass is 32.1. The van der Waals surface area contributed by atoms with Crippen LogP contribution in [-0.2, 0) is 0 Å². The van der Waals surface area contributed by atoms with E-state index in [1.165, 1.54) is 10.7 Å². The maximum atomic E-state index is 11.3. The summed E-state index contributed by atoms with van der Waals surface area (Å²) >= 11 is 5.09. The molecule has 0 spiro atoms. The van der Waals surface area contributed by atoms with Gasteiger partial charge in [-0.25, -0.2) is 4.98 Å². The van der Waals surface area contributed by atoms with Gasteiger partial charge < -0.3 is 4.98 Å². The first-order valence-electron chi connectivity index (χ1n) is 4.63. The lowest BCUT2D eigenvalue weighted by Gasteiger charge is -2.02. The Kier molecular flexibility index (Phi) is 1.84. The number of aromatic nitrogens is 4. The van der Waals surface area contributed by atoms with Crippen LogP contribution < -0.4 is 5.56 Å². The fraction of sp³-hybridized carbons (Fsp3) is 0. The molecule has 0 aliphatic carbocycles. The van der Waals surface area contributed by atoms with E-state index in [4.69, 9.17) is 12.2 Å². The first-order valence-corrected chi connectivity index (χ1v) is 5.04. The van der Waals surface area contributed by atoms with Gasteiger partial charge in [-0.15, -0.1) is 0 Å². The minimum atomic E-state index is -0.259. The van der Waals surface area contributed by atoms with Crippen LogP contribution in [0.4, 0.5) is 0 Å². The first kappa shape index (κ1) is 9.17. The van der Waals surface area contributed by atoms with Crippen LogP contribution in [0.2, 0.25) is 0 Å². The fourth-order valence-corrected chi connectivity index (χ4v) is 1.85. The van der Waals surface area contributed by atoms with Crippen molar-refractivity contribution in [2.75, 3.05) is 0 Å². The maximum Gasteiger partial charge on any atom is 0.269 e. The number of para-hydroxylation sites is 1. The average molecular weight is 230 g/mol. The van der Waals surface area contributed by atoms with E-state index in [0.29, 0.717) is 10.4 Å². The van der Waals surface area contributed by atoms with Gasteiger partial charge in [0.1, 0.15) is 11.8 Å². The van der Waals surface area contributed by atoms with Crippen LogP contribution in [0.3, 0.4) is 0 Å². The predicted octanol–water partition coefficient (Wildman–Crippen LogP) is 1.30. The molecule has 0 amide bonds. The van der Waals surface area contributed by atoms with E-state index in [2.05, 4.69) is 15.1 Å². The van der Waals surface area contributed by atoms with E-state index in [1.54, 1.807) is 0 Å². The zero-order valence-corrected chi connectivity index (χ0v) is 8.86. The van der Waals surface area contributed by atoms with Crippen LogP contribution >= 0.6 is 12.2 Å². The summed E-state index contributed by atoms with van der Waals surface area (Å²) in [6.07, 6.45) is 1.18. The van der Waals surface area contributed by atoms with Crippen molar-refractivity contribution in [3.05, 3.63) is 45.6 Å². The number of benzene rings is 1. The van der Waals surface area contributed by atoms with Gasteiger partial charge in [0.25, 0.3) is 5.56 Å². The molecule has 0 aliphatic rings. The number of rotatable bonds is 0. The van der Waals surface area contributed by atoms with E-state index in [9.17, 15) is 4.79 Å². The van der Waals surface area contributed by atoms with Crippen molar-refractivity contribution >= 4 is 28.8 Å².